The molecule has 0 bridgehead atoms. The van der Waals surface area contributed by atoms with Crippen LogP contribution in [0, 0.1) is 5.92 Å². The lowest BCUT2D eigenvalue weighted by atomic mass is 9.80. The van der Waals surface area contributed by atoms with Gasteiger partial charge in [-0.25, -0.2) is 0 Å². The fourth-order valence-corrected chi connectivity index (χ4v) is 3.71. The third-order valence-electron chi connectivity index (χ3n) is 3.94. The van der Waals surface area contributed by atoms with Crippen molar-refractivity contribution in [1.29, 1.82) is 0 Å². The van der Waals surface area contributed by atoms with Crippen LogP contribution in [0.15, 0.2) is 0 Å². The van der Waals surface area contributed by atoms with Crippen LogP contribution in [-0.4, -0.2) is 23.1 Å². The lowest BCUT2D eigenvalue weighted by Gasteiger charge is -2.38. The van der Waals surface area contributed by atoms with Crippen LogP contribution in [0.5, 0.6) is 0 Å². The van der Waals surface area contributed by atoms with Gasteiger partial charge in [0.05, 0.1) is 0 Å². The average Bonchev–Trinajstić information content (AvgIpc) is 2.05. The van der Waals surface area contributed by atoms with E-state index in [1.165, 1.54) is 37.9 Å². The predicted molar refractivity (Wildman–Crippen MR) is 64.9 cm³/mol. The van der Waals surface area contributed by atoms with Gasteiger partial charge in [0.15, 0.2) is 0 Å². The smallest absolute Gasteiger partial charge is 0.0186 e. The third kappa shape index (κ3) is 2.46. The zero-order valence-electron chi connectivity index (χ0n) is 9.46. The standard InChI is InChI=1S/C12H23NS/c1-9(11-5-3-6-11)13-12-7-4-8-14-10(12)2/h9-13H,3-8H2,1-2H3. The molecule has 1 N–H and O–H groups in total. The summed E-state index contributed by atoms with van der Waals surface area (Å²) in [6.45, 7) is 4.77. The van der Waals surface area contributed by atoms with Crippen LogP contribution in [0.1, 0.15) is 46.0 Å². The molecule has 3 atom stereocenters. The molecule has 0 aromatic carbocycles. The van der Waals surface area contributed by atoms with Crippen LogP contribution in [0.3, 0.4) is 0 Å². The van der Waals surface area contributed by atoms with Crippen molar-refractivity contribution in [3.05, 3.63) is 0 Å². The summed E-state index contributed by atoms with van der Waals surface area (Å²) >= 11 is 2.14. The Balaban J connectivity index is 1.76. The maximum Gasteiger partial charge on any atom is 0.0186 e. The van der Waals surface area contributed by atoms with Gasteiger partial charge in [0, 0.05) is 17.3 Å². The van der Waals surface area contributed by atoms with E-state index in [1.807, 2.05) is 0 Å². The normalized spacial score (nSPS) is 36.4. The van der Waals surface area contributed by atoms with Crippen molar-refractivity contribution in [2.45, 2.75) is 63.3 Å². The van der Waals surface area contributed by atoms with E-state index in [0.29, 0.717) is 0 Å². The molecule has 0 amide bonds. The van der Waals surface area contributed by atoms with Gasteiger partial charge in [0.1, 0.15) is 0 Å². The molecule has 1 aliphatic heterocycles. The molecule has 0 radical (unpaired) electrons. The summed E-state index contributed by atoms with van der Waals surface area (Å²) in [5.74, 6) is 2.35. The second-order valence-electron chi connectivity index (χ2n) is 4.97. The second kappa shape index (κ2) is 4.89. The summed E-state index contributed by atoms with van der Waals surface area (Å²) in [4.78, 5) is 0. The SMILES string of the molecule is CC(NC1CCCSC1C)C1CCC1. The highest BCUT2D eigenvalue weighted by atomic mass is 32.2. The minimum atomic E-state index is 0.759. The summed E-state index contributed by atoms with van der Waals surface area (Å²) < 4.78 is 0. The molecule has 1 saturated carbocycles. The minimum Gasteiger partial charge on any atom is -0.310 e. The van der Waals surface area contributed by atoms with Gasteiger partial charge in [-0.15, -0.1) is 0 Å². The number of hydrogen-bond donors (Lipinski definition) is 1. The zero-order valence-corrected chi connectivity index (χ0v) is 10.3. The van der Waals surface area contributed by atoms with E-state index in [9.17, 15) is 0 Å². The first-order valence-corrected chi connectivity index (χ1v) is 7.20. The Morgan fingerprint density at radius 2 is 2.00 bits per heavy atom. The van der Waals surface area contributed by atoms with Crippen LogP contribution in [0.4, 0.5) is 0 Å². The Kier molecular flexibility index (Phi) is 3.78. The Labute approximate surface area is 92.4 Å². The maximum atomic E-state index is 3.85. The summed E-state index contributed by atoms with van der Waals surface area (Å²) in [5.41, 5.74) is 0. The number of rotatable bonds is 3. The van der Waals surface area contributed by atoms with Crippen molar-refractivity contribution in [2.75, 3.05) is 5.75 Å². The van der Waals surface area contributed by atoms with Gasteiger partial charge in [0.25, 0.3) is 0 Å². The van der Waals surface area contributed by atoms with Gasteiger partial charge in [-0.1, -0.05) is 13.3 Å². The fraction of sp³-hybridized carbons (Fsp3) is 1.00. The van der Waals surface area contributed by atoms with Crippen LogP contribution >= 0.6 is 11.8 Å². The lowest BCUT2D eigenvalue weighted by molar-refractivity contribution is 0.222. The molecule has 1 aliphatic carbocycles. The Hall–Kier alpha value is 0.310. The van der Waals surface area contributed by atoms with E-state index in [0.717, 1.165) is 23.3 Å². The second-order valence-corrected chi connectivity index (χ2v) is 6.46. The van der Waals surface area contributed by atoms with E-state index in [2.05, 4.69) is 30.9 Å². The molecule has 82 valence electrons. The topological polar surface area (TPSA) is 12.0 Å². The molecule has 1 heterocycles. The van der Waals surface area contributed by atoms with Gasteiger partial charge in [-0.05, 0) is 44.3 Å². The quantitative estimate of drug-likeness (QED) is 0.773. The Bertz CT molecular complexity index is 179. The van der Waals surface area contributed by atoms with Crippen LogP contribution in [0.2, 0.25) is 0 Å². The monoisotopic (exact) mass is 213 g/mol. The first-order chi connectivity index (χ1) is 6.77. The van der Waals surface area contributed by atoms with Crippen molar-refractivity contribution >= 4 is 11.8 Å². The molecule has 0 aromatic heterocycles. The van der Waals surface area contributed by atoms with Crippen molar-refractivity contribution in [2.24, 2.45) is 5.92 Å². The van der Waals surface area contributed by atoms with Gasteiger partial charge in [-0.3, -0.25) is 0 Å². The first kappa shape index (κ1) is 10.8. The summed E-state index contributed by atoms with van der Waals surface area (Å²) in [6, 6.07) is 1.54. The molecule has 2 rings (SSSR count). The molecule has 2 aliphatic rings. The molecule has 1 nitrogen and oxygen atoms in total. The predicted octanol–water partition coefficient (Wildman–Crippen LogP) is 3.05. The molecule has 0 aromatic rings. The van der Waals surface area contributed by atoms with E-state index >= 15 is 0 Å². The fourth-order valence-electron chi connectivity index (χ4n) is 2.56. The summed E-state index contributed by atoms with van der Waals surface area (Å²) in [7, 11) is 0. The molecular weight excluding hydrogens is 190 g/mol. The molecular formula is C12H23NS. The number of nitrogens with one attached hydrogen (secondary N) is 1. The van der Waals surface area contributed by atoms with E-state index in [-0.39, 0.29) is 0 Å². The third-order valence-corrected chi connectivity index (χ3v) is 5.32. The summed E-state index contributed by atoms with van der Waals surface area (Å²) in [5, 5.41) is 4.67. The first-order valence-electron chi connectivity index (χ1n) is 6.15. The van der Waals surface area contributed by atoms with Crippen LogP contribution in [0.25, 0.3) is 0 Å². The van der Waals surface area contributed by atoms with Gasteiger partial charge in [0.2, 0.25) is 0 Å². The van der Waals surface area contributed by atoms with Crippen LogP contribution in [-0.2, 0) is 0 Å². The highest BCUT2D eigenvalue weighted by Gasteiger charge is 2.28. The van der Waals surface area contributed by atoms with E-state index in [1.54, 1.807) is 0 Å². The summed E-state index contributed by atoms with van der Waals surface area (Å²) in [6.07, 6.45) is 7.19. The molecule has 0 spiro atoms. The van der Waals surface area contributed by atoms with Crippen molar-refractivity contribution in [3.8, 4) is 0 Å². The minimum absolute atomic E-state index is 0.759. The van der Waals surface area contributed by atoms with Gasteiger partial charge >= 0.3 is 0 Å². The highest BCUT2D eigenvalue weighted by molar-refractivity contribution is 7.99. The zero-order chi connectivity index (χ0) is 9.97. The average molecular weight is 213 g/mol. The van der Waals surface area contributed by atoms with E-state index in [4.69, 9.17) is 0 Å². The van der Waals surface area contributed by atoms with E-state index < -0.39 is 0 Å². The highest BCUT2D eigenvalue weighted by Crippen LogP contribution is 2.31. The molecule has 2 heteroatoms. The molecule has 14 heavy (non-hydrogen) atoms. The maximum absolute atomic E-state index is 3.85. The number of thioether (sulfide) groups is 1. The van der Waals surface area contributed by atoms with Crippen molar-refractivity contribution < 1.29 is 0 Å². The number of hydrogen-bond acceptors (Lipinski definition) is 2. The molecule has 3 unspecified atom stereocenters. The lowest BCUT2D eigenvalue weighted by Crippen LogP contribution is -2.48. The molecule has 2 fully saturated rings. The Morgan fingerprint density at radius 3 is 2.57 bits per heavy atom. The van der Waals surface area contributed by atoms with Gasteiger partial charge < -0.3 is 5.32 Å². The largest absolute Gasteiger partial charge is 0.310 e. The molecule has 1 saturated heterocycles. The Morgan fingerprint density at radius 1 is 1.21 bits per heavy atom. The van der Waals surface area contributed by atoms with Crippen molar-refractivity contribution in [3.63, 3.8) is 0 Å². The van der Waals surface area contributed by atoms with Crippen LogP contribution < -0.4 is 5.32 Å². The van der Waals surface area contributed by atoms with Gasteiger partial charge in [-0.2, -0.15) is 11.8 Å². The van der Waals surface area contributed by atoms with Crippen molar-refractivity contribution in [1.82, 2.24) is 5.32 Å².